The summed E-state index contributed by atoms with van der Waals surface area (Å²) >= 11 is 1.95. The minimum Gasteiger partial charge on any atom is -0.504 e. The number of phenolic OH excluding ortho intramolecular Hbond substituents is 1. The maximum Gasteiger partial charge on any atom is 0.286 e. The predicted octanol–water partition coefficient (Wildman–Crippen LogP) is 0.825. The third-order valence-corrected chi connectivity index (χ3v) is 2.76. The smallest absolute Gasteiger partial charge is 0.286 e. The second kappa shape index (κ2) is 7.47. The van der Waals surface area contributed by atoms with Gasteiger partial charge in [0.1, 0.15) is 5.10 Å². The van der Waals surface area contributed by atoms with Crippen LogP contribution in [0, 0.1) is 13.7 Å². The zero-order valence-corrected chi connectivity index (χ0v) is 12.6. The Balaban J connectivity index is 2.85. The molecule has 0 atom stereocenters. The van der Waals surface area contributed by atoms with E-state index in [9.17, 15) is 15.2 Å². The van der Waals surface area contributed by atoms with Crippen molar-refractivity contribution in [1.29, 1.82) is 0 Å². The van der Waals surface area contributed by atoms with Crippen LogP contribution in [0.25, 0.3) is 0 Å². The zero-order chi connectivity index (χ0) is 15.1. The largest absolute Gasteiger partial charge is 0.504 e. The fourth-order valence-corrected chi connectivity index (χ4v) is 1.84. The van der Waals surface area contributed by atoms with Crippen molar-refractivity contribution < 1.29 is 14.9 Å². The monoisotopic (exact) mass is 393 g/mol. The Morgan fingerprint density at radius 2 is 2.40 bits per heavy atom. The van der Waals surface area contributed by atoms with E-state index in [1.165, 1.54) is 6.21 Å². The summed E-state index contributed by atoms with van der Waals surface area (Å²) in [6.07, 6.45) is 1.37. The molecular formula is C10H12IN5O4. The van der Waals surface area contributed by atoms with Crippen LogP contribution < -0.4 is 15.9 Å². The molecule has 0 aliphatic heterocycles. The SMILES string of the molecule is CCOc1cc(/C=N/N/C(N)=N\[N+](=O)[O-])cc(I)c1O. The molecule has 0 heterocycles. The Morgan fingerprint density at radius 3 is 3.00 bits per heavy atom. The number of aromatic hydroxyl groups is 1. The van der Waals surface area contributed by atoms with E-state index in [-0.39, 0.29) is 5.75 Å². The number of hydrazone groups is 2. The van der Waals surface area contributed by atoms with Crippen molar-refractivity contribution >= 4 is 34.8 Å². The fraction of sp³-hybridized carbons (Fsp3) is 0.200. The van der Waals surface area contributed by atoms with Crippen LogP contribution in [0.1, 0.15) is 12.5 Å². The summed E-state index contributed by atoms with van der Waals surface area (Å²) in [5.74, 6) is -0.0653. The van der Waals surface area contributed by atoms with Gasteiger partial charge in [-0.3, -0.25) is 0 Å². The molecule has 0 bridgehead atoms. The van der Waals surface area contributed by atoms with Crippen molar-refractivity contribution in [3.05, 3.63) is 31.4 Å². The van der Waals surface area contributed by atoms with E-state index >= 15 is 0 Å². The van der Waals surface area contributed by atoms with Crippen molar-refractivity contribution in [2.75, 3.05) is 6.61 Å². The summed E-state index contributed by atoms with van der Waals surface area (Å²) in [6.45, 7) is 2.20. The van der Waals surface area contributed by atoms with Crippen LogP contribution in [0.2, 0.25) is 0 Å². The molecule has 0 aromatic heterocycles. The van der Waals surface area contributed by atoms with E-state index in [1.54, 1.807) is 19.1 Å². The summed E-state index contributed by atoms with van der Waals surface area (Å²) in [4.78, 5) is 10.0. The van der Waals surface area contributed by atoms with Crippen LogP contribution in [-0.4, -0.2) is 28.9 Å². The molecule has 0 radical (unpaired) electrons. The van der Waals surface area contributed by atoms with Crippen LogP contribution in [0.5, 0.6) is 11.5 Å². The Labute approximate surface area is 127 Å². The van der Waals surface area contributed by atoms with Gasteiger partial charge in [0.05, 0.1) is 16.4 Å². The fourth-order valence-electron chi connectivity index (χ4n) is 1.22. The average Bonchev–Trinajstić information content (AvgIpc) is 2.34. The molecule has 20 heavy (non-hydrogen) atoms. The Morgan fingerprint density at radius 1 is 1.70 bits per heavy atom. The van der Waals surface area contributed by atoms with Gasteiger partial charge in [-0.15, -0.1) is 0 Å². The number of guanidine groups is 1. The van der Waals surface area contributed by atoms with E-state index in [2.05, 4.69) is 15.6 Å². The molecule has 0 spiro atoms. The third kappa shape index (κ3) is 4.87. The first-order chi connectivity index (χ1) is 9.43. The number of nitrogens with zero attached hydrogens (tertiary/aromatic N) is 3. The predicted molar refractivity (Wildman–Crippen MR) is 81.3 cm³/mol. The molecule has 1 aromatic carbocycles. The van der Waals surface area contributed by atoms with Crippen LogP contribution in [0.15, 0.2) is 22.3 Å². The van der Waals surface area contributed by atoms with Gasteiger partial charge in [0, 0.05) is 0 Å². The molecule has 0 saturated heterocycles. The minimum atomic E-state index is -0.936. The van der Waals surface area contributed by atoms with Crippen molar-refractivity contribution in [3.8, 4) is 11.5 Å². The number of nitro groups is 1. The standard InChI is InChI=1S/C10H12IN5O4/c1-2-20-8-4-6(3-7(11)9(8)17)5-13-14-10(12)15-16(18)19/h3-5,17H,2H2,1H3,(H3,12,14,15)/b13-5+. The number of phenols is 1. The average molecular weight is 393 g/mol. The van der Waals surface area contributed by atoms with E-state index < -0.39 is 11.0 Å². The molecule has 0 aliphatic rings. The maximum absolute atomic E-state index is 10.0. The van der Waals surface area contributed by atoms with Gasteiger partial charge < -0.3 is 15.6 Å². The van der Waals surface area contributed by atoms with Crippen molar-refractivity contribution in [2.24, 2.45) is 15.9 Å². The molecule has 4 N–H and O–H groups in total. The van der Waals surface area contributed by atoms with Crippen molar-refractivity contribution in [2.45, 2.75) is 6.92 Å². The van der Waals surface area contributed by atoms with E-state index in [4.69, 9.17) is 10.5 Å². The number of nitrogens with two attached hydrogens (primary N) is 1. The highest BCUT2D eigenvalue weighted by molar-refractivity contribution is 14.1. The first-order valence-corrected chi connectivity index (χ1v) is 6.44. The zero-order valence-electron chi connectivity index (χ0n) is 10.4. The first-order valence-electron chi connectivity index (χ1n) is 5.37. The first kappa shape index (κ1) is 15.9. The van der Waals surface area contributed by atoms with Crippen LogP contribution in [0.3, 0.4) is 0 Å². The lowest BCUT2D eigenvalue weighted by atomic mass is 10.2. The normalized spacial score (nSPS) is 11.6. The highest BCUT2D eigenvalue weighted by Crippen LogP contribution is 2.32. The molecule has 0 aliphatic carbocycles. The molecule has 1 aromatic rings. The summed E-state index contributed by atoms with van der Waals surface area (Å²) in [5.41, 5.74) is 8.01. The number of ether oxygens (including phenoxy) is 1. The molecule has 9 nitrogen and oxygen atoms in total. The van der Waals surface area contributed by atoms with Gasteiger partial charge in [-0.1, -0.05) is 0 Å². The van der Waals surface area contributed by atoms with Gasteiger partial charge in [-0.2, -0.15) is 5.10 Å². The molecule has 0 amide bonds. The maximum atomic E-state index is 10.0. The van der Waals surface area contributed by atoms with E-state index in [0.717, 1.165) is 0 Å². The lowest BCUT2D eigenvalue weighted by molar-refractivity contribution is -0.485. The van der Waals surface area contributed by atoms with Gasteiger partial charge in [-0.05, 0) is 47.2 Å². The number of hydrogen-bond donors (Lipinski definition) is 3. The van der Waals surface area contributed by atoms with E-state index in [1.807, 2.05) is 22.6 Å². The summed E-state index contributed by atoms with van der Waals surface area (Å²) in [7, 11) is 0. The van der Waals surface area contributed by atoms with Crippen molar-refractivity contribution in [1.82, 2.24) is 5.43 Å². The Bertz CT molecular complexity index is 561. The number of halogens is 1. The highest BCUT2D eigenvalue weighted by Gasteiger charge is 2.08. The molecule has 0 saturated carbocycles. The van der Waals surface area contributed by atoms with Gasteiger partial charge >= 0.3 is 0 Å². The third-order valence-electron chi connectivity index (χ3n) is 1.93. The lowest BCUT2D eigenvalue weighted by Gasteiger charge is -2.08. The molecule has 0 unspecified atom stereocenters. The second-order valence-electron chi connectivity index (χ2n) is 3.38. The Kier molecular flexibility index (Phi) is 5.96. The molecule has 108 valence electrons. The highest BCUT2D eigenvalue weighted by atomic mass is 127. The minimum absolute atomic E-state index is 0.0481. The summed E-state index contributed by atoms with van der Waals surface area (Å²) < 4.78 is 5.85. The number of nitrogens with one attached hydrogen (secondary N) is 1. The summed E-state index contributed by atoms with van der Waals surface area (Å²) in [6, 6.07) is 3.23. The second-order valence-corrected chi connectivity index (χ2v) is 4.54. The number of rotatable bonds is 5. The van der Waals surface area contributed by atoms with Gasteiger partial charge in [0.15, 0.2) is 16.5 Å². The van der Waals surface area contributed by atoms with Gasteiger partial charge in [-0.25, -0.2) is 15.5 Å². The van der Waals surface area contributed by atoms with Crippen molar-refractivity contribution in [3.63, 3.8) is 0 Å². The quantitative estimate of drug-likeness (QED) is 0.223. The van der Waals surface area contributed by atoms with E-state index in [0.29, 0.717) is 21.5 Å². The molecule has 0 fully saturated rings. The van der Waals surface area contributed by atoms with Crippen LogP contribution in [-0.2, 0) is 0 Å². The molecule has 10 heteroatoms. The van der Waals surface area contributed by atoms with Crippen LogP contribution in [0.4, 0.5) is 0 Å². The van der Waals surface area contributed by atoms with Crippen LogP contribution >= 0.6 is 22.6 Å². The number of benzene rings is 1. The lowest BCUT2D eigenvalue weighted by Crippen LogP contribution is -2.28. The summed E-state index contributed by atoms with van der Waals surface area (Å²) in [5, 5.41) is 25.4. The number of hydrogen-bond acceptors (Lipinski definition) is 5. The van der Waals surface area contributed by atoms with Gasteiger partial charge in [0.25, 0.3) is 5.96 Å². The topological polar surface area (TPSA) is 135 Å². The van der Waals surface area contributed by atoms with Gasteiger partial charge in [0.2, 0.25) is 0 Å². The Hall–Kier alpha value is -2.11. The molecule has 1 rings (SSSR count). The molecular weight excluding hydrogens is 381 g/mol.